The number of carbonyl (C=O) groups is 2. The summed E-state index contributed by atoms with van der Waals surface area (Å²) >= 11 is -0.750. The van der Waals surface area contributed by atoms with Crippen LogP contribution < -0.4 is 4.74 Å². The molecule has 0 atom stereocenters. The topological polar surface area (TPSA) is 121 Å². The molecule has 2 saturated heterocycles. The number of likely N-dealkylation sites (tertiary alicyclic amines) is 2. The van der Waals surface area contributed by atoms with E-state index in [0.717, 1.165) is 51.1 Å². The molecule has 2 aliphatic heterocycles. The average Bonchev–Trinajstić information content (AvgIpc) is 3.04. The van der Waals surface area contributed by atoms with Crippen molar-refractivity contribution in [2.75, 3.05) is 26.2 Å². The summed E-state index contributed by atoms with van der Waals surface area (Å²) in [6.07, 6.45) is 5.69. The van der Waals surface area contributed by atoms with Crippen molar-refractivity contribution in [2.45, 2.75) is 51.7 Å². The van der Waals surface area contributed by atoms with E-state index in [4.69, 9.17) is 18.4 Å². The lowest BCUT2D eigenvalue weighted by Crippen LogP contribution is -2.42. The van der Waals surface area contributed by atoms with Gasteiger partial charge in [0.15, 0.2) is 5.78 Å². The molecule has 0 N–H and O–H groups in total. The molecule has 0 saturated carbocycles. The highest BCUT2D eigenvalue weighted by Crippen LogP contribution is 2.24. The summed E-state index contributed by atoms with van der Waals surface area (Å²) in [5.41, 5.74) is 4.03. The van der Waals surface area contributed by atoms with E-state index in [1.165, 1.54) is 11.1 Å². The van der Waals surface area contributed by atoms with Gasteiger partial charge in [-0.25, -0.2) is 0 Å². The molecule has 2 aliphatic rings. The number of pyridine rings is 1. The van der Waals surface area contributed by atoms with Crippen LogP contribution >= 0.6 is 0 Å². The molecule has 2 aromatic carbocycles. The molecule has 3 aromatic rings. The molecule has 9 nitrogen and oxygen atoms in total. The molecule has 0 unspecified atom stereocenters. The number of benzene rings is 2. The Balaban J connectivity index is 0.00000135. The minimum atomic E-state index is -0.750. The second-order valence-corrected chi connectivity index (χ2v) is 11.2. The van der Waals surface area contributed by atoms with Crippen molar-refractivity contribution in [3.63, 3.8) is 0 Å². The Morgan fingerprint density at radius 3 is 2.16 bits per heavy atom. The molecule has 0 aliphatic carbocycles. The van der Waals surface area contributed by atoms with Gasteiger partial charge in [0.2, 0.25) is 0 Å². The summed E-state index contributed by atoms with van der Waals surface area (Å²) in [7, 11) is 0. The normalized spacial score (nSPS) is 16.0. The fraction of sp³-hybridized carbons (Fsp3) is 0.394. The smallest absolute Gasteiger partial charge is 0.335 e. The summed E-state index contributed by atoms with van der Waals surface area (Å²) in [6, 6.07) is 21.4. The highest BCUT2D eigenvalue weighted by molar-refractivity contribution is 7.51. The van der Waals surface area contributed by atoms with Crippen molar-refractivity contribution in [2.24, 2.45) is 5.92 Å². The molecule has 0 radical (unpaired) electrons. The Labute approximate surface area is 256 Å². The van der Waals surface area contributed by atoms with E-state index < -0.39 is 11.6 Å². The lowest BCUT2D eigenvalue weighted by atomic mass is 9.90. The van der Waals surface area contributed by atoms with Gasteiger partial charge in [-0.15, -0.1) is 0 Å². The number of rotatable bonds is 8. The van der Waals surface area contributed by atoms with Gasteiger partial charge < -0.3 is 9.64 Å². The van der Waals surface area contributed by atoms with E-state index in [1.807, 2.05) is 53.4 Å². The molecule has 3 heterocycles. The first kappa shape index (κ1) is 31.7. The van der Waals surface area contributed by atoms with Crippen molar-refractivity contribution < 1.29 is 22.7 Å². The van der Waals surface area contributed by atoms with Crippen molar-refractivity contribution in [3.8, 4) is 11.8 Å². The van der Waals surface area contributed by atoms with Crippen molar-refractivity contribution in [3.05, 3.63) is 94.8 Å². The monoisotopic (exact) mass is 600 g/mol. The first-order valence-electron chi connectivity index (χ1n) is 14.5. The van der Waals surface area contributed by atoms with Gasteiger partial charge in [-0.2, -0.15) is 13.7 Å². The molecule has 0 bridgehead atoms. The molecule has 2 fully saturated rings. The zero-order valence-corrected chi connectivity index (χ0v) is 25.1. The van der Waals surface area contributed by atoms with Crippen LogP contribution in [0, 0.1) is 24.2 Å². The van der Waals surface area contributed by atoms with E-state index in [-0.39, 0.29) is 17.8 Å². The van der Waals surface area contributed by atoms with Gasteiger partial charge in [-0.05, 0) is 80.7 Å². The number of Topliss-reactive ketones (excluding diaryl/α,β-unsaturated/α-hetero) is 1. The Hall–Kier alpha value is -4.20. The van der Waals surface area contributed by atoms with Gasteiger partial charge in [0.05, 0.1) is 11.6 Å². The second-order valence-electron chi connectivity index (χ2n) is 11.1. The SMILES string of the molecule is Cc1ccc(OC2CCN(C(=O)c3ccc(C(=O)CC4CCN(Cc5ccc(C#N)cc5)CC4)cn3)CC2)cc1.O=S=O. The minimum Gasteiger partial charge on any atom is -0.490 e. The lowest BCUT2D eigenvalue weighted by molar-refractivity contribution is 0.0589. The number of hydrogen-bond acceptors (Lipinski definition) is 8. The number of aromatic nitrogens is 1. The van der Waals surface area contributed by atoms with Crippen LogP contribution in [0.3, 0.4) is 0 Å². The molecular formula is C33H36N4O5S. The maximum atomic E-state index is 13.0. The number of nitriles is 1. The Bertz CT molecular complexity index is 1430. The predicted octanol–water partition coefficient (Wildman–Crippen LogP) is 4.76. The molecule has 1 amide bonds. The Kier molecular flexibility index (Phi) is 11.7. The number of ether oxygens (including phenoxy) is 1. The summed E-state index contributed by atoms with van der Waals surface area (Å²) in [5, 5.41) is 8.96. The van der Waals surface area contributed by atoms with E-state index >= 15 is 0 Å². The number of carbonyl (C=O) groups excluding carboxylic acids is 2. The van der Waals surface area contributed by atoms with E-state index in [0.29, 0.717) is 42.2 Å². The maximum absolute atomic E-state index is 13.0. The van der Waals surface area contributed by atoms with Crippen molar-refractivity contribution in [1.29, 1.82) is 5.26 Å². The molecular weight excluding hydrogens is 564 g/mol. The summed E-state index contributed by atoms with van der Waals surface area (Å²) in [5.74, 6) is 1.22. The third kappa shape index (κ3) is 9.40. The quantitative estimate of drug-likeness (QED) is 0.340. The molecule has 224 valence electrons. The summed E-state index contributed by atoms with van der Waals surface area (Å²) < 4.78 is 22.7. The van der Waals surface area contributed by atoms with E-state index in [1.54, 1.807) is 18.3 Å². The van der Waals surface area contributed by atoms with Crippen LogP contribution in [-0.2, 0) is 18.1 Å². The zero-order valence-electron chi connectivity index (χ0n) is 24.3. The van der Waals surface area contributed by atoms with Crippen LogP contribution in [0.15, 0.2) is 66.9 Å². The fourth-order valence-corrected chi connectivity index (χ4v) is 5.50. The van der Waals surface area contributed by atoms with Crippen LogP contribution in [0.4, 0.5) is 0 Å². The largest absolute Gasteiger partial charge is 0.490 e. The fourth-order valence-electron chi connectivity index (χ4n) is 5.50. The first-order valence-corrected chi connectivity index (χ1v) is 15.2. The van der Waals surface area contributed by atoms with Gasteiger partial charge in [-0.3, -0.25) is 19.5 Å². The maximum Gasteiger partial charge on any atom is 0.335 e. The third-order valence-electron chi connectivity index (χ3n) is 8.03. The molecule has 5 rings (SSSR count). The lowest BCUT2D eigenvalue weighted by Gasteiger charge is -2.32. The molecule has 43 heavy (non-hydrogen) atoms. The number of ketones is 1. The van der Waals surface area contributed by atoms with Gasteiger partial charge in [0.25, 0.3) is 5.91 Å². The van der Waals surface area contributed by atoms with Crippen LogP contribution in [0.2, 0.25) is 0 Å². The Morgan fingerprint density at radius 2 is 1.58 bits per heavy atom. The number of aryl methyl sites for hydroxylation is 1. The van der Waals surface area contributed by atoms with Crippen molar-refractivity contribution in [1.82, 2.24) is 14.8 Å². The number of nitrogens with zero attached hydrogens (tertiary/aromatic N) is 4. The standard InChI is InChI=1S/C33H36N4O3.O2S/c1-24-2-9-29(10-3-24)40-30-14-18-37(19-15-30)33(39)31-11-8-28(22-35-31)32(38)20-25-12-16-36(17-13-25)23-27-6-4-26(21-34)5-7-27;1-3-2/h2-11,22,25,30H,12-20,23H2,1H3;. The van der Waals surface area contributed by atoms with Crippen LogP contribution in [0.5, 0.6) is 5.75 Å². The van der Waals surface area contributed by atoms with E-state index in [2.05, 4.69) is 22.9 Å². The summed E-state index contributed by atoms with van der Waals surface area (Å²) in [6.45, 7) is 6.08. The molecule has 0 spiro atoms. The second kappa shape index (κ2) is 15.9. The van der Waals surface area contributed by atoms with Gasteiger partial charge >= 0.3 is 11.6 Å². The number of piperidine rings is 2. The van der Waals surface area contributed by atoms with Gasteiger partial charge in [-0.1, -0.05) is 29.8 Å². The highest BCUT2D eigenvalue weighted by Gasteiger charge is 2.26. The van der Waals surface area contributed by atoms with Crippen LogP contribution in [0.25, 0.3) is 0 Å². The molecule has 1 aromatic heterocycles. The average molecular weight is 601 g/mol. The van der Waals surface area contributed by atoms with Crippen LogP contribution in [-0.4, -0.2) is 67.2 Å². The van der Waals surface area contributed by atoms with Crippen LogP contribution in [0.1, 0.15) is 69.6 Å². The predicted molar refractivity (Wildman–Crippen MR) is 162 cm³/mol. The third-order valence-corrected chi connectivity index (χ3v) is 8.03. The van der Waals surface area contributed by atoms with Gasteiger partial charge in [0.1, 0.15) is 17.5 Å². The zero-order chi connectivity index (χ0) is 30.6. The Morgan fingerprint density at radius 1 is 0.930 bits per heavy atom. The highest BCUT2D eigenvalue weighted by atomic mass is 32.1. The first-order chi connectivity index (χ1) is 20.9. The number of amides is 1. The van der Waals surface area contributed by atoms with Gasteiger partial charge in [0, 0.05) is 50.7 Å². The summed E-state index contributed by atoms with van der Waals surface area (Å²) in [4.78, 5) is 34.5. The van der Waals surface area contributed by atoms with E-state index in [9.17, 15) is 9.59 Å². The minimum absolute atomic E-state index is 0.0890. The number of hydrogen-bond donors (Lipinski definition) is 0. The molecule has 10 heteroatoms. The van der Waals surface area contributed by atoms with Crippen molar-refractivity contribution >= 4 is 23.3 Å².